The molecular formula is C19H26N2O3S. The van der Waals surface area contributed by atoms with Gasteiger partial charge in [-0.25, -0.2) is 9.78 Å². The minimum Gasteiger partial charge on any atom is -0.464 e. The van der Waals surface area contributed by atoms with Gasteiger partial charge in [-0.2, -0.15) is 0 Å². The second-order valence-corrected chi connectivity index (χ2v) is 8.52. The summed E-state index contributed by atoms with van der Waals surface area (Å²) in [7, 11) is 0. The lowest BCUT2D eigenvalue weighted by Crippen LogP contribution is -2.31. The average molecular weight is 362 g/mol. The summed E-state index contributed by atoms with van der Waals surface area (Å²) in [6.07, 6.45) is 5.06. The molecule has 0 saturated carbocycles. The van der Waals surface area contributed by atoms with E-state index in [0.29, 0.717) is 24.3 Å². The summed E-state index contributed by atoms with van der Waals surface area (Å²) in [5.41, 5.74) is 1.04. The normalized spacial score (nSPS) is 18.4. The van der Waals surface area contributed by atoms with E-state index >= 15 is 0 Å². The highest BCUT2D eigenvalue weighted by Gasteiger charge is 2.27. The number of nitrogens with zero attached hydrogens (tertiary/aromatic N) is 2. The summed E-state index contributed by atoms with van der Waals surface area (Å²) in [4.78, 5) is 32.1. The van der Waals surface area contributed by atoms with Crippen molar-refractivity contribution in [1.29, 1.82) is 0 Å². The number of aromatic nitrogens is 2. The first-order valence-electron chi connectivity index (χ1n) is 9.10. The molecule has 0 aliphatic heterocycles. The molecule has 0 fully saturated rings. The van der Waals surface area contributed by atoms with Crippen molar-refractivity contribution in [2.24, 2.45) is 11.8 Å². The van der Waals surface area contributed by atoms with E-state index < -0.39 is 6.04 Å². The second kappa shape index (κ2) is 7.28. The SMILES string of the molecule is CC[C@@H](C(=O)OCC(C)C)n1cnc2sc3c(c2c1=O)CC[C@H](C)C3. The van der Waals surface area contributed by atoms with Crippen molar-refractivity contribution in [2.75, 3.05) is 6.61 Å². The van der Waals surface area contributed by atoms with Crippen LogP contribution in [0.2, 0.25) is 0 Å². The van der Waals surface area contributed by atoms with Crippen molar-refractivity contribution in [3.05, 3.63) is 27.1 Å². The number of thiophene rings is 1. The number of hydrogen-bond donors (Lipinski definition) is 0. The third-order valence-electron chi connectivity index (χ3n) is 4.79. The lowest BCUT2D eigenvalue weighted by atomic mass is 9.89. The zero-order valence-corrected chi connectivity index (χ0v) is 16.2. The monoisotopic (exact) mass is 362 g/mol. The van der Waals surface area contributed by atoms with Gasteiger partial charge in [0, 0.05) is 4.88 Å². The van der Waals surface area contributed by atoms with Crippen LogP contribution >= 0.6 is 11.3 Å². The fourth-order valence-corrected chi connectivity index (χ4v) is 4.73. The van der Waals surface area contributed by atoms with Gasteiger partial charge in [0.1, 0.15) is 10.9 Å². The lowest BCUT2D eigenvalue weighted by Gasteiger charge is -2.19. The molecule has 2 aromatic rings. The van der Waals surface area contributed by atoms with Gasteiger partial charge in [0.25, 0.3) is 5.56 Å². The molecule has 0 N–H and O–H groups in total. The molecule has 6 heteroatoms. The molecule has 2 heterocycles. The van der Waals surface area contributed by atoms with E-state index in [1.807, 2.05) is 20.8 Å². The number of rotatable bonds is 5. The Labute approximate surface area is 152 Å². The van der Waals surface area contributed by atoms with Gasteiger partial charge in [-0.05, 0) is 43.1 Å². The molecule has 0 radical (unpaired) electrons. The summed E-state index contributed by atoms with van der Waals surface area (Å²) in [5.74, 6) is 0.569. The highest BCUT2D eigenvalue weighted by molar-refractivity contribution is 7.18. The predicted octanol–water partition coefficient (Wildman–Crippen LogP) is 3.73. The summed E-state index contributed by atoms with van der Waals surface area (Å²) in [6, 6.07) is -0.610. The fraction of sp³-hybridized carbons (Fsp3) is 0.632. The van der Waals surface area contributed by atoms with Crippen LogP contribution in [0.5, 0.6) is 0 Å². The Morgan fingerprint density at radius 3 is 2.92 bits per heavy atom. The maximum absolute atomic E-state index is 13.1. The summed E-state index contributed by atoms with van der Waals surface area (Å²) < 4.78 is 6.83. The Morgan fingerprint density at radius 2 is 2.24 bits per heavy atom. The number of hydrogen-bond acceptors (Lipinski definition) is 5. The molecule has 0 amide bonds. The number of aryl methyl sites for hydroxylation is 1. The van der Waals surface area contributed by atoms with Crippen LogP contribution in [0.25, 0.3) is 10.2 Å². The lowest BCUT2D eigenvalue weighted by molar-refractivity contribution is -0.149. The van der Waals surface area contributed by atoms with Gasteiger partial charge in [0.05, 0.1) is 18.3 Å². The highest BCUT2D eigenvalue weighted by atomic mass is 32.1. The van der Waals surface area contributed by atoms with Crippen LogP contribution in [0.15, 0.2) is 11.1 Å². The second-order valence-electron chi connectivity index (χ2n) is 7.44. The average Bonchev–Trinajstić information content (AvgIpc) is 2.93. The highest BCUT2D eigenvalue weighted by Crippen LogP contribution is 2.35. The smallest absolute Gasteiger partial charge is 0.329 e. The van der Waals surface area contributed by atoms with E-state index in [4.69, 9.17) is 4.74 Å². The number of carbonyl (C=O) groups is 1. The zero-order valence-electron chi connectivity index (χ0n) is 15.4. The largest absolute Gasteiger partial charge is 0.464 e. The minimum absolute atomic E-state index is 0.106. The van der Waals surface area contributed by atoms with Gasteiger partial charge in [0.2, 0.25) is 0 Å². The van der Waals surface area contributed by atoms with Gasteiger partial charge in [-0.15, -0.1) is 11.3 Å². The molecule has 0 saturated heterocycles. The van der Waals surface area contributed by atoms with Crippen molar-refractivity contribution in [3.8, 4) is 0 Å². The van der Waals surface area contributed by atoms with Crippen LogP contribution in [-0.2, 0) is 22.4 Å². The van der Waals surface area contributed by atoms with E-state index in [1.165, 1.54) is 15.8 Å². The molecule has 5 nitrogen and oxygen atoms in total. The number of fused-ring (bicyclic) bond motifs is 3. The maximum atomic E-state index is 13.1. The van der Waals surface area contributed by atoms with Crippen molar-refractivity contribution < 1.29 is 9.53 Å². The van der Waals surface area contributed by atoms with Crippen LogP contribution in [0.3, 0.4) is 0 Å². The first kappa shape index (κ1) is 18.1. The van der Waals surface area contributed by atoms with Crippen LogP contribution in [0.4, 0.5) is 0 Å². The maximum Gasteiger partial charge on any atom is 0.329 e. The number of ether oxygens (including phenoxy) is 1. The van der Waals surface area contributed by atoms with Gasteiger partial charge in [-0.1, -0.05) is 27.7 Å². The Hall–Kier alpha value is -1.69. The standard InChI is InChI=1S/C19H26N2O3S/c1-5-14(19(23)24-9-11(2)3)21-10-20-17-16(18(21)22)13-7-6-12(4)8-15(13)25-17/h10-12,14H,5-9H2,1-4H3/t12-,14-/m0/s1. The molecule has 0 bridgehead atoms. The van der Waals surface area contributed by atoms with Crippen LogP contribution < -0.4 is 5.56 Å². The molecule has 25 heavy (non-hydrogen) atoms. The Morgan fingerprint density at radius 1 is 1.48 bits per heavy atom. The topological polar surface area (TPSA) is 61.2 Å². The van der Waals surface area contributed by atoms with Crippen LogP contribution in [-0.4, -0.2) is 22.1 Å². The van der Waals surface area contributed by atoms with E-state index in [9.17, 15) is 9.59 Å². The zero-order chi connectivity index (χ0) is 18.1. The van der Waals surface area contributed by atoms with Gasteiger partial charge >= 0.3 is 5.97 Å². The molecule has 136 valence electrons. The Kier molecular flexibility index (Phi) is 5.27. The third-order valence-corrected chi connectivity index (χ3v) is 5.96. The summed E-state index contributed by atoms with van der Waals surface area (Å²) in [5, 5.41) is 0.713. The van der Waals surface area contributed by atoms with E-state index in [0.717, 1.165) is 29.7 Å². The van der Waals surface area contributed by atoms with Crippen molar-refractivity contribution in [3.63, 3.8) is 0 Å². The molecule has 0 spiro atoms. The summed E-state index contributed by atoms with van der Waals surface area (Å²) >= 11 is 1.63. The number of esters is 1. The van der Waals surface area contributed by atoms with Crippen LogP contribution in [0, 0.1) is 11.8 Å². The quantitative estimate of drug-likeness (QED) is 0.760. The fourth-order valence-electron chi connectivity index (χ4n) is 3.39. The third kappa shape index (κ3) is 3.50. The molecule has 2 atom stereocenters. The molecule has 0 aromatic carbocycles. The molecule has 1 aliphatic rings. The molecule has 1 aliphatic carbocycles. The van der Waals surface area contributed by atoms with Gasteiger partial charge < -0.3 is 4.74 Å². The van der Waals surface area contributed by atoms with Crippen molar-refractivity contribution in [2.45, 2.75) is 59.4 Å². The first-order valence-corrected chi connectivity index (χ1v) is 9.92. The molecule has 0 unspecified atom stereocenters. The van der Waals surface area contributed by atoms with E-state index in [-0.39, 0.29) is 17.4 Å². The summed E-state index contributed by atoms with van der Waals surface area (Å²) in [6.45, 7) is 8.49. The van der Waals surface area contributed by atoms with Gasteiger partial charge in [-0.3, -0.25) is 9.36 Å². The van der Waals surface area contributed by atoms with Crippen molar-refractivity contribution in [1.82, 2.24) is 9.55 Å². The van der Waals surface area contributed by atoms with Crippen molar-refractivity contribution >= 4 is 27.5 Å². The molecule has 3 rings (SSSR count). The minimum atomic E-state index is -0.610. The number of carbonyl (C=O) groups excluding carboxylic acids is 1. The molecule has 2 aromatic heterocycles. The predicted molar refractivity (Wildman–Crippen MR) is 100 cm³/mol. The van der Waals surface area contributed by atoms with E-state index in [2.05, 4.69) is 11.9 Å². The Bertz CT molecular complexity index is 837. The van der Waals surface area contributed by atoms with Crippen LogP contribution in [0.1, 0.15) is 57.0 Å². The van der Waals surface area contributed by atoms with Gasteiger partial charge in [0.15, 0.2) is 0 Å². The van der Waals surface area contributed by atoms with E-state index in [1.54, 1.807) is 11.3 Å². The molecular weight excluding hydrogens is 336 g/mol. The Balaban J connectivity index is 2.00. The first-order chi connectivity index (χ1) is 11.9.